The van der Waals surface area contributed by atoms with Crippen molar-refractivity contribution in [3.05, 3.63) is 65.0 Å². The highest BCUT2D eigenvalue weighted by molar-refractivity contribution is 6.04. The molecule has 5 heteroatoms. The van der Waals surface area contributed by atoms with Gasteiger partial charge in [0.05, 0.1) is 18.4 Å². The second kappa shape index (κ2) is 6.60. The van der Waals surface area contributed by atoms with E-state index in [4.69, 9.17) is 4.74 Å². The Labute approximate surface area is 134 Å². The Morgan fingerprint density at radius 1 is 1.22 bits per heavy atom. The number of hydrogen-bond donors (Lipinski definition) is 1. The number of halogens is 1. The van der Waals surface area contributed by atoms with Gasteiger partial charge in [-0.05, 0) is 55.2 Å². The molecular formula is C18H17FN2O2. The van der Waals surface area contributed by atoms with Crippen LogP contribution in [0.15, 0.2) is 47.6 Å². The summed E-state index contributed by atoms with van der Waals surface area (Å²) in [5.41, 5.74) is 5.40. The highest BCUT2D eigenvalue weighted by Gasteiger charge is 2.17. The largest absolute Gasteiger partial charge is 0.497 e. The van der Waals surface area contributed by atoms with Crippen LogP contribution in [0, 0.1) is 5.82 Å². The number of carbonyl (C=O) groups excluding carboxylic acids is 1. The van der Waals surface area contributed by atoms with Gasteiger partial charge >= 0.3 is 0 Å². The molecule has 1 aliphatic rings. The molecule has 0 saturated heterocycles. The van der Waals surface area contributed by atoms with Crippen LogP contribution in [0.2, 0.25) is 0 Å². The summed E-state index contributed by atoms with van der Waals surface area (Å²) in [5, 5.41) is 4.21. The minimum Gasteiger partial charge on any atom is -0.497 e. The van der Waals surface area contributed by atoms with Crippen LogP contribution in [0.4, 0.5) is 4.39 Å². The SMILES string of the molecule is COc1ccc2c(c1)CCCC2=NNC(=O)c1ccccc1F. The van der Waals surface area contributed by atoms with Crippen LogP contribution in [0.5, 0.6) is 5.75 Å². The number of hydrogen-bond acceptors (Lipinski definition) is 3. The molecule has 4 nitrogen and oxygen atoms in total. The number of aryl methyl sites for hydroxylation is 1. The topological polar surface area (TPSA) is 50.7 Å². The van der Waals surface area contributed by atoms with Crippen LogP contribution in [0.1, 0.15) is 34.3 Å². The van der Waals surface area contributed by atoms with Gasteiger partial charge in [-0.2, -0.15) is 5.10 Å². The Balaban J connectivity index is 1.82. The van der Waals surface area contributed by atoms with E-state index >= 15 is 0 Å². The lowest BCUT2D eigenvalue weighted by Gasteiger charge is -2.18. The predicted octanol–water partition coefficient (Wildman–Crippen LogP) is 3.30. The molecule has 23 heavy (non-hydrogen) atoms. The molecule has 118 valence electrons. The van der Waals surface area contributed by atoms with Crippen molar-refractivity contribution in [2.45, 2.75) is 19.3 Å². The number of amides is 1. The van der Waals surface area contributed by atoms with Crippen LogP contribution >= 0.6 is 0 Å². The Kier molecular flexibility index (Phi) is 4.37. The van der Waals surface area contributed by atoms with Gasteiger partial charge in [0.15, 0.2) is 0 Å². The second-order valence-corrected chi connectivity index (χ2v) is 5.36. The Hall–Kier alpha value is -2.69. The van der Waals surface area contributed by atoms with E-state index in [1.165, 1.54) is 12.1 Å². The van der Waals surface area contributed by atoms with E-state index in [0.717, 1.165) is 41.9 Å². The molecule has 3 rings (SSSR count). The molecule has 1 amide bonds. The highest BCUT2D eigenvalue weighted by Crippen LogP contribution is 2.25. The van der Waals surface area contributed by atoms with Crippen molar-refractivity contribution in [2.24, 2.45) is 5.10 Å². The molecule has 0 heterocycles. The quantitative estimate of drug-likeness (QED) is 0.884. The summed E-state index contributed by atoms with van der Waals surface area (Å²) in [5.74, 6) is -0.296. The van der Waals surface area contributed by atoms with Gasteiger partial charge < -0.3 is 4.74 Å². The summed E-state index contributed by atoms with van der Waals surface area (Å²) >= 11 is 0. The monoisotopic (exact) mass is 312 g/mol. The molecule has 2 aromatic rings. The zero-order valence-electron chi connectivity index (χ0n) is 12.8. The zero-order chi connectivity index (χ0) is 16.2. The summed E-state index contributed by atoms with van der Waals surface area (Å²) in [6.07, 6.45) is 2.68. The van der Waals surface area contributed by atoms with Crippen LogP contribution < -0.4 is 10.2 Å². The maximum Gasteiger partial charge on any atom is 0.274 e. The molecule has 0 bridgehead atoms. The van der Waals surface area contributed by atoms with Gasteiger partial charge in [-0.25, -0.2) is 9.82 Å². The molecule has 2 aromatic carbocycles. The van der Waals surface area contributed by atoms with E-state index in [9.17, 15) is 9.18 Å². The molecule has 0 atom stereocenters. The van der Waals surface area contributed by atoms with Crippen molar-refractivity contribution in [1.82, 2.24) is 5.43 Å². The maximum absolute atomic E-state index is 13.6. The van der Waals surface area contributed by atoms with Crippen molar-refractivity contribution >= 4 is 11.6 Å². The summed E-state index contributed by atoms with van der Waals surface area (Å²) in [6, 6.07) is 11.7. The Morgan fingerprint density at radius 3 is 2.83 bits per heavy atom. The number of benzene rings is 2. The Bertz CT molecular complexity index is 771. The van der Waals surface area contributed by atoms with Crippen LogP contribution in [-0.4, -0.2) is 18.7 Å². The maximum atomic E-state index is 13.6. The first kappa shape index (κ1) is 15.2. The lowest BCUT2D eigenvalue weighted by atomic mass is 9.90. The van der Waals surface area contributed by atoms with Gasteiger partial charge in [0, 0.05) is 5.56 Å². The van der Waals surface area contributed by atoms with E-state index in [1.54, 1.807) is 19.2 Å². The molecule has 0 aliphatic heterocycles. The van der Waals surface area contributed by atoms with Gasteiger partial charge in [0.2, 0.25) is 0 Å². The fraction of sp³-hybridized carbons (Fsp3) is 0.222. The molecule has 1 aliphatic carbocycles. The number of nitrogens with zero attached hydrogens (tertiary/aromatic N) is 1. The van der Waals surface area contributed by atoms with Gasteiger partial charge in [-0.1, -0.05) is 12.1 Å². The van der Waals surface area contributed by atoms with E-state index in [2.05, 4.69) is 10.5 Å². The van der Waals surface area contributed by atoms with Crippen molar-refractivity contribution in [3.8, 4) is 5.75 Å². The number of ether oxygens (including phenoxy) is 1. The first-order valence-electron chi connectivity index (χ1n) is 7.48. The lowest BCUT2D eigenvalue weighted by molar-refractivity contribution is 0.0950. The predicted molar refractivity (Wildman–Crippen MR) is 86.3 cm³/mol. The highest BCUT2D eigenvalue weighted by atomic mass is 19.1. The van der Waals surface area contributed by atoms with Crippen molar-refractivity contribution in [1.29, 1.82) is 0 Å². The normalized spacial score (nSPS) is 15.1. The standard InChI is InChI=1S/C18H17FN2O2/c1-23-13-9-10-14-12(11-13)5-4-8-17(14)20-21-18(22)15-6-2-3-7-16(15)19/h2-3,6-7,9-11H,4-5,8H2,1H3,(H,21,22). The summed E-state index contributed by atoms with van der Waals surface area (Å²) < 4.78 is 18.8. The van der Waals surface area contributed by atoms with E-state index in [-0.39, 0.29) is 5.56 Å². The molecule has 0 fully saturated rings. The first-order chi connectivity index (χ1) is 11.2. The minimum atomic E-state index is -0.556. The number of nitrogens with one attached hydrogen (secondary N) is 1. The number of carbonyl (C=O) groups is 1. The third-order valence-corrected chi connectivity index (χ3v) is 3.89. The molecule has 0 radical (unpaired) electrons. The van der Waals surface area contributed by atoms with Crippen molar-refractivity contribution in [3.63, 3.8) is 0 Å². The number of hydrazone groups is 1. The number of fused-ring (bicyclic) bond motifs is 1. The van der Waals surface area contributed by atoms with Crippen molar-refractivity contribution < 1.29 is 13.9 Å². The Morgan fingerprint density at radius 2 is 2.04 bits per heavy atom. The van der Waals surface area contributed by atoms with Crippen LogP contribution in [0.25, 0.3) is 0 Å². The summed E-state index contributed by atoms with van der Waals surface area (Å²) in [7, 11) is 1.63. The number of methoxy groups -OCH3 is 1. The third-order valence-electron chi connectivity index (χ3n) is 3.89. The number of rotatable bonds is 3. The minimum absolute atomic E-state index is 0.0115. The average Bonchev–Trinajstić information content (AvgIpc) is 2.59. The molecule has 0 spiro atoms. The third kappa shape index (κ3) is 3.23. The van der Waals surface area contributed by atoms with Crippen molar-refractivity contribution in [2.75, 3.05) is 7.11 Å². The first-order valence-corrected chi connectivity index (χ1v) is 7.48. The van der Waals surface area contributed by atoms with Gasteiger partial charge in [-0.15, -0.1) is 0 Å². The van der Waals surface area contributed by atoms with E-state index in [0.29, 0.717) is 0 Å². The second-order valence-electron chi connectivity index (χ2n) is 5.36. The molecule has 1 N–H and O–H groups in total. The van der Waals surface area contributed by atoms with E-state index in [1.807, 2.05) is 18.2 Å². The fourth-order valence-electron chi connectivity index (χ4n) is 2.71. The summed E-state index contributed by atoms with van der Waals surface area (Å²) in [4.78, 5) is 12.0. The molecule has 0 unspecified atom stereocenters. The lowest BCUT2D eigenvalue weighted by Crippen LogP contribution is -2.23. The molecular weight excluding hydrogens is 295 g/mol. The van der Waals surface area contributed by atoms with E-state index < -0.39 is 11.7 Å². The van der Waals surface area contributed by atoms with Crippen LogP contribution in [0.3, 0.4) is 0 Å². The summed E-state index contributed by atoms with van der Waals surface area (Å²) in [6.45, 7) is 0. The molecule has 0 aromatic heterocycles. The van der Waals surface area contributed by atoms with Crippen LogP contribution in [-0.2, 0) is 6.42 Å². The average molecular weight is 312 g/mol. The van der Waals surface area contributed by atoms with Gasteiger partial charge in [0.1, 0.15) is 11.6 Å². The smallest absolute Gasteiger partial charge is 0.274 e. The zero-order valence-corrected chi connectivity index (χ0v) is 12.8. The van der Waals surface area contributed by atoms with Gasteiger partial charge in [-0.3, -0.25) is 4.79 Å². The van der Waals surface area contributed by atoms with Gasteiger partial charge in [0.25, 0.3) is 5.91 Å². The fourth-order valence-corrected chi connectivity index (χ4v) is 2.71. The molecule has 0 saturated carbocycles.